The monoisotopic (exact) mass is 171 g/mol. The van der Waals surface area contributed by atoms with Crippen molar-refractivity contribution >= 4 is 5.82 Å². The van der Waals surface area contributed by atoms with Crippen molar-refractivity contribution in [3.05, 3.63) is 26.4 Å². The Kier molecular flexibility index (Phi) is 2.01. The highest BCUT2D eigenvalue weighted by Crippen LogP contribution is 2.09. The van der Waals surface area contributed by atoms with E-state index in [2.05, 4.69) is 4.98 Å². The third kappa shape index (κ3) is 1.37. The van der Waals surface area contributed by atoms with Gasteiger partial charge in [-0.25, -0.2) is 4.79 Å². The third-order valence-corrected chi connectivity index (χ3v) is 1.43. The van der Waals surface area contributed by atoms with Crippen molar-refractivity contribution in [3.8, 4) is 0 Å². The quantitative estimate of drug-likeness (QED) is 0.420. The Morgan fingerprint density at radius 3 is 2.42 bits per heavy atom. The number of hydrogen-bond acceptors (Lipinski definition) is 4. The maximum absolute atomic E-state index is 11.0. The van der Waals surface area contributed by atoms with Crippen LogP contribution in [-0.2, 0) is 0 Å². The molecule has 0 spiro atoms. The summed E-state index contributed by atoms with van der Waals surface area (Å²) < 4.78 is 0. The topological polar surface area (TPSA) is 112 Å². The first kappa shape index (κ1) is 8.54. The summed E-state index contributed by atoms with van der Waals surface area (Å²) in [5, 5.41) is 9.05. The van der Waals surface area contributed by atoms with E-state index in [1.165, 1.54) is 6.92 Å². The fourth-order valence-corrected chi connectivity index (χ4v) is 0.928. The minimum absolute atomic E-state index is 0.0189. The van der Waals surface area contributed by atoms with Gasteiger partial charge in [-0.05, 0) is 6.92 Å². The van der Waals surface area contributed by atoms with Gasteiger partial charge in [0.15, 0.2) is 0 Å². The van der Waals surface area contributed by atoms with Crippen LogP contribution in [0.15, 0.2) is 9.59 Å². The van der Waals surface area contributed by atoms with Crippen molar-refractivity contribution in [2.45, 2.75) is 13.0 Å². The minimum atomic E-state index is -0.995. The van der Waals surface area contributed by atoms with E-state index < -0.39 is 17.4 Å². The molecule has 0 aliphatic heterocycles. The fraction of sp³-hybridized carbons (Fsp3) is 0.333. The lowest BCUT2D eigenvalue weighted by atomic mass is 10.2. The zero-order valence-electron chi connectivity index (χ0n) is 6.42. The molecule has 1 heterocycles. The molecule has 66 valence electrons. The van der Waals surface area contributed by atoms with E-state index in [1.807, 2.05) is 4.98 Å². The Morgan fingerprint density at radius 2 is 2.00 bits per heavy atom. The molecule has 1 aromatic rings. The number of aromatic nitrogens is 2. The summed E-state index contributed by atoms with van der Waals surface area (Å²) >= 11 is 0. The number of rotatable bonds is 1. The van der Waals surface area contributed by atoms with Crippen molar-refractivity contribution in [1.82, 2.24) is 9.97 Å². The number of aliphatic hydroxyl groups excluding tert-OH is 1. The SMILES string of the molecule is CC(O)c1c(N)[nH]c(=O)[nH]c1=O. The molecule has 6 nitrogen and oxygen atoms in total. The molecule has 1 unspecified atom stereocenters. The molecule has 1 rings (SSSR count). The third-order valence-electron chi connectivity index (χ3n) is 1.43. The van der Waals surface area contributed by atoms with Crippen molar-refractivity contribution < 1.29 is 5.11 Å². The number of anilines is 1. The second-order valence-corrected chi connectivity index (χ2v) is 2.41. The number of nitrogen functional groups attached to an aromatic ring is 1. The number of nitrogens with two attached hydrogens (primary N) is 1. The predicted octanol–water partition coefficient (Wildman–Crippen LogP) is -1.30. The smallest absolute Gasteiger partial charge is 0.327 e. The van der Waals surface area contributed by atoms with Gasteiger partial charge in [-0.1, -0.05) is 0 Å². The molecule has 0 saturated carbocycles. The molecule has 1 aromatic heterocycles. The van der Waals surface area contributed by atoms with E-state index in [-0.39, 0.29) is 11.4 Å². The van der Waals surface area contributed by atoms with Crippen LogP contribution in [0.2, 0.25) is 0 Å². The van der Waals surface area contributed by atoms with Crippen LogP contribution in [-0.4, -0.2) is 15.1 Å². The van der Waals surface area contributed by atoms with Crippen LogP contribution in [0.1, 0.15) is 18.6 Å². The lowest BCUT2D eigenvalue weighted by Gasteiger charge is -2.04. The first-order valence-electron chi connectivity index (χ1n) is 3.32. The first-order valence-corrected chi connectivity index (χ1v) is 3.32. The van der Waals surface area contributed by atoms with Crippen LogP contribution in [0, 0.1) is 0 Å². The van der Waals surface area contributed by atoms with E-state index in [0.717, 1.165) is 0 Å². The molecule has 0 aliphatic rings. The largest absolute Gasteiger partial charge is 0.388 e. The summed E-state index contributed by atoms with van der Waals surface area (Å²) in [7, 11) is 0. The van der Waals surface area contributed by atoms with E-state index in [0.29, 0.717) is 0 Å². The Morgan fingerprint density at radius 1 is 1.42 bits per heavy atom. The highest BCUT2D eigenvalue weighted by molar-refractivity contribution is 5.37. The zero-order valence-corrected chi connectivity index (χ0v) is 6.42. The predicted molar refractivity (Wildman–Crippen MR) is 42.7 cm³/mol. The Labute approximate surface area is 67.1 Å². The molecule has 0 radical (unpaired) electrons. The summed E-state index contributed by atoms with van der Waals surface area (Å²) in [6, 6.07) is 0. The average molecular weight is 171 g/mol. The van der Waals surface area contributed by atoms with Gasteiger partial charge in [0.2, 0.25) is 0 Å². The normalized spacial score (nSPS) is 12.8. The molecule has 12 heavy (non-hydrogen) atoms. The van der Waals surface area contributed by atoms with Crippen molar-refractivity contribution in [3.63, 3.8) is 0 Å². The van der Waals surface area contributed by atoms with Crippen LogP contribution in [0.5, 0.6) is 0 Å². The number of H-pyrrole nitrogens is 2. The molecule has 1 atom stereocenters. The van der Waals surface area contributed by atoms with Gasteiger partial charge < -0.3 is 10.8 Å². The Balaban J connectivity index is 3.49. The molecule has 0 aliphatic carbocycles. The fourth-order valence-electron chi connectivity index (χ4n) is 0.928. The van der Waals surface area contributed by atoms with Gasteiger partial charge in [0.1, 0.15) is 5.82 Å². The second-order valence-electron chi connectivity index (χ2n) is 2.41. The van der Waals surface area contributed by atoms with Gasteiger partial charge in [-0.2, -0.15) is 0 Å². The lowest BCUT2D eigenvalue weighted by molar-refractivity contribution is 0.198. The molecule has 0 bridgehead atoms. The molecule has 0 aromatic carbocycles. The maximum Gasteiger partial charge on any atom is 0.327 e. The van der Waals surface area contributed by atoms with Crippen molar-refractivity contribution in [1.29, 1.82) is 0 Å². The van der Waals surface area contributed by atoms with Crippen LogP contribution < -0.4 is 17.0 Å². The summed E-state index contributed by atoms with van der Waals surface area (Å²) in [6.07, 6.45) is -0.995. The van der Waals surface area contributed by atoms with Gasteiger partial charge in [0.05, 0.1) is 11.7 Å². The van der Waals surface area contributed by atoms with Gasteiger partial charge in [0.25, 0.3) is 5.56 Å². The zero-order chi connectivity index (χ0) is 9.30. The Bertz CT molecular complexity index is 390. The first-order chi connectivity index (χ1) is 5.52. The van der Waals surface area contributed by atoms with Crippen LogP contribution in [0.3, 0.4) is 0 Å². The molecular weight excluding hydrogens is 162 g/mol. The number of hydrogen-bond donors (Lipinski definition) is 4. The number of aliphatic hydroxyl groups is 1. The molecule has 6 heteroatoms. The Hall–Kier alpha value is -1.56. The minimum Gasteiger partial charge on any atom is -0.388 e. The van der Waals surface area contributed by atoms with Gasteiger partial charge >= 0.3 is 5.69 Å². The number of aromatic amines is 2. The van der Waals surface area contributed by atoms with E-state index in [9.17, 15) is 9.59 Å². The highest BCUT2D eigenvalue weighted by Gasteiger charge is 2.11. The van der Waals surface area contributed by atoms with Crippen molar-refractivity contribution in [2.75, 3.05) is 5.73 Å². The van der Waals surface area contributed by atoms with Crippen LogP contribution >= 0.6 is 0 Å². The van der Waals surface area contributed by atoms with Gasteiger partial charge in [-0.3, -0.25) is 14.8 Å². The summed E-state index contributed by atoms with van der Waals surface area (Å²) in [4.78, 5) is 25.7. The van der Waals surface area contributed by atoms with Crippen LogP contribution in [0.4, 0.5) is 5.82 Å². The summed E-state index contributed by atoms with van der Waals surface area (Å²) in [6.45, 7) is 1.39. The molecule has 0 fully saturated rings. The van der Waals surface area contributed by atoms with E-state index in [1.54, 1.807) is 0 Å². The second kappa shape index (κ2) is 2.82. The van der Waals surface area contributed by atoms with Crippen molar-refractivity contribution in [2.24, 2.45) is 0 Å². The van der Waals surface area contributed by atoms with E-state index in [4.69, 9.17) is 10.8 Å². The average Bonchev–Trinajstić information content (AvgIpc) is 1.82. The maximum atomic E-state index is 11.0. The molecule has 0 amide bonds. The standard InChI is InChI=1S/C6H9N3O3/c1-2(10)3-4(7)8-6(12)9-5(3)11/h2,10H,1H3,(H4,7,8,9,11,12). The molecule has 0 saturated heterocycles. The molecule has 5 N–H and O–H groups in total. The van der Waals surface area contributed by atoms with Crippen LogP contribution in [0.25, 0.3) is 0 Å². The highest BCUT2D eigenvalue weighted by atomic mass is 16.3. The summed E-state index contributed by atoms with van der Waals surface area (Å²) in [5.41, 5.74) is 3.93. The van der Waals surface area contributed by atoms with Gasteiger partial charge in [0, 0.05) is 0 Å². The van der Waals surface area contributed by atoms with E-state index >= 15 is 0 Å². The van der Waals surface area contributed by atoms with Gasteiger partial charge in [-0.15, -0.1) is 0 Å². The lowest BCUT2D eigenvalue weighted by Crippen LogP contribution is -2.28. The summed E-state index contributed by atoms with van der Waals surface area (Å²) in [5.74, 6) is -0.0984. The molecular formula is C6H9N3O3. The number of nitrogens with one attached hydrogen (secondary N) is 2.